The molecule has 0 fully saturated rings. The molecule has 0 saturated heterocycles. The highest BCUT2D eigenvalue weighted by Gasteiger charge is 2.23. The van der Waals surface area contributed by atoms with Gasteiger partial charge in [-0.25, -0.2) is 4.79 Å². The van der Waals surface area contributed by atoms with Crippen LogP contribution in [-0.4, -0.2) is 6.08 Å². The number of hydrogen-bond donors (Lipinski definition) is 0. The van der Waals surface area contributed by atoms with Gasteiger partial charge in [0.05, 0.1) is 5.69 Å². The van der Waals surface area contributed by atoms with Gasteiger partial charge in [-0.05, 0) is 64.9 Å². The van der Waals surface area contributed by atoms with Crippen molar-refractivity contribution in [2.45, 2.75) is 33.1 Å². The molecule has 0 radical (unpaired) electrons. The summed E-state index contributed by atoms with van der Waals surface area (Å²) in [6.07, 6.45) is 3.39. The third kappa shape index (κ3) is 4.64. The molecule has 0 saturated carbocycles. The van der Waals surface area contributed by atoms with E-state index < -0.39 is 0 Å². The zero-order valence-electron chi connectivity index (χ0n) is 20.3. The van der Waals surface area contributed by atoms with E-state index in [1.54, 1.807) is 18.4 Å². The van der Waals surface area contributed by atoms with Gasteiger partial charge < -0.3 is 4.74 Å². The Balaban J connectivity index is 1.62. The van der Waals surface area contributed by atoms with Gasteiger partial charge in [0.2, 0.25) is 6.08 Å². The molecular formula is C31H26N2O2. The molecule has 4 aromatic carbocycles. The van der Waals surface area contributed by atoms with Crippen LogP contribution in [0.1, 0.15) is 36.1 Å². The average molecular weight is 459 g/mol. The molecule has 4 rings (SSSR count). The Morgan fingerprint density at radius 3 is 1.77 bits per heavy atom. The number of carbonyl (C=O) groups excluding carboxylic acids is 1. The molecule has 0 aliphatic heterocycles. The minimum Gasteiger partial charge on any atom is -0.388 e. The standard InChI is InChI=1S/C31H26N2O2/c1-21-27(7-5-9-29(21)33-20-34)23-11-15-25(16-12-23)31(3,4)26-17-13-24(14-18-26)28-8-6-10-30(22(28)2)35-19-32/h5-18H,1-4H3. The Hall–Kier alpha value is -4.45. The second-order valence-corrected chi connectivity index (χ2v) is 9.05. The number of nitrogens with zero attached hydrogens (tertiary/aromatic N) is 2. The number of nitriles is 1. The predicted molar refractivity (Wildman–Crippen MR) is 139 cm³/mol. The maximum absolute atomic E-state index is 10.7. The van der Waals surface area contributed by atoms with Gasteiger partial charge in [0.25, 0.3) is 6.26 Å². The lowest BCUT2D eigenvalue weighted by molar-refractivity contribution is 0.503. The zero-order valence-corrected chi connectivity index (χ0v) is 20.3. The van der Waals surface area contributed by atoms with E-state index in [9.17, 15) is 4.79 Å². The van der Waals surface area contributed by atoms with E-state index in [4.69, 9.17) is 10.00 Å². The van der Waals surface area contributed by atoms with Crippen molar-refractivity contribution in [3.63, 3.8) is 0 Å². The molecule has 0 atom stereocenters. The van der Waals surface area contributed by atoms with E-state index in [1.165, 1.54) is 11.1 Å². The molecule has 0 N–H and O–H groups in total. The van der Waals surface area contributed by atoms with E-state index in [0.717, 1.165) is 33.4 Å². The van der Waals surface area contributed by atoms with Crippen LogP contribution in [0.3, 0.4) is 0 Å². The first-order chi connectivity index (χ1) is 16.9. The minimum atomic E-state index is -0.198. The number of isocyanates is 1. The van der Waals surface area contributed by atoms with Gasteiger partial charge in [-0.15, -0.1) is 5.26 Å². The van der Waals surface area contributed by atoms with Crippen LogP contribution in [0, 0.1) is 25.4 Å². The molecule has 0 bridgehead atoms. The van der Waals surface area contributed by atoms with Gasteiger partial charge in [-0.1, -0.05) is 86.6 Å². The lowest BCUT2D eigenvalue weighted by Gasteiger charge is -2.27. The normalized spacial score (nSPS) is 10.8. The largest absolute Gasteiger partial charge is 0.388 e. The molecule has 0 amide bonds. The Morgan fingerprint density at radius 2 is 1.26 bits per heavy atom. The topological polar surface area (TPSA) is 62.4 Å². The summed E-state index contributed by atoms with van der Waals surface area (Å²) in [6, 6.07) is 28.6. The predicted octanol–water partition coefficient (Wildman–Crippen LogP) is 7.79. The van der Waals surface area contributed by atoms with Gasteiger partial charge >= 0.3 is 0 Å². The molecule has 172 valence electrons. The first-order valence-electron chi connectivity index (χ1n) is 11.4. The van der Waals surface area contributed by atoms with Crippen LogP contribution in [0.15, 0.2) is 89.9 Å². The van der Waals surface area contributed by atoms with Crippen LogP contribution in [0.25, 0.3) is 22.3 Å². The highest BCUT2D eigenvalue weighted by molar-refractivity contribution is 5.74. The quantitative estimate of drug-likeness (QED) is 0.168. The molecular weight excluding hydrogens is 432 g/mol. The monoisotopic (exact) mass is 458 g/mol. The Morgan fingerprint density at radius 1 is 0.743 bits per heavy atom. The molecule has 35 heavy (non-hydrogen) atoms. The number of hydrogen-bond acceptors (Lipinski definition) is 4. The lowest BCUT2D eigenvalue weighted by atomic mass is 9.77. The fourth-order valence-electron chi connectivity index (χ4n) is 4.49. The number of ether oxygens (including phenoxy) is 1. The van der Waals surface area contributed by atoms with Crippen molar-refractivity contribution in [2.24, 2.45) is 4.99 Å². The molecule has 0 aliphatic carbocycles. The third-order valence-electron chi connectivity index (χ3n) is 6.75. The zero-order chi connectivity index (χ0) is 25.0. The number of aliphatic imine (C=N–C) groups is 1. The summed E-state index contributed by atoms with van der Waals surface area (Å²) >= 11 is 0. The van der Waals surface area contributed by atoms with Crippen LogP contribution in [-0.2, 0) is 10.2 Å². The summed E-state index contributed by atoms with van der Waals surface area (Å²) in [5.74, 6) is 0.577. The number of rotatable bonds is 6. The SMILES string of the molecule is Cc1c(N=C=O)cccc1-c1ccc(C(C)(C)c2ccc(-c3cccc(OC#N)c3C)cc2)cc1. The lowest BCUT2D eigenvalue weighted by Crippen LogP contribution is -2.18. The van der Waals surface area contributed by atoms with E-state index in [-0.39, 0.29) is 5.41 Å². The van der Waals surface area contributed by atoms with Crippen LogP contribution in [0.5, 0.6) is 5.75 Å². The minimum absolute atomic E-state index is 0.198. The van der Waals surface area contributed by atoms with Gasteiger partial charge in [-0.3, -0.25) is 0 Å². The summed E-state index contributed by atoms with van der Waals surface area (Å²) < 4.78 is 5.09. The van der Waals surface area contributed by atoms with Crippen LogP contribution >= 0.6 is 0 Å². The first-order valence-corrected chi connectivity index (χ1v) is 11.4. The fourth-order valence-corrected chi connectivity index (χ4v) is 4.49. The fraction of sp³-hybridized carbons (Fsp3) is 0.161. The summed E-state index contributed by atoms with van der Waals surface area (Å²) in [4.78, 5) is 14.5. The van der Waals surface area contributed by atoms with Crippen molar-refractivity contribution < 1.29 is 9.53 Å². The van der Waals surface area contributed by atoms with Crippen molar-refractivity contribution >= 4 is 11.8 Å². The summed E-state index contributed by atoms with van der Waals surface area (Å²) in [7, 11) is 0. The third-order valence-corrected chi connectivity index (χ3v) is 6.75. The Kier molecular flexibility index (Phi) is 6.64. The van der Waals surface area contributed by atoms with E-state index in [1.807, 2.05) is 44.2 Å². The molecule has 0 aliphatic rings. The highest BCUT2D eigenvalue weighted by Crippen LogP contribution is 2.36. The van der Waals surface area contributed by atoms with E-state index >= 15 is 0 Å². The van der Waals surface area contributed by atoms with Crippen molar-refractivity contribution in [1.29, 1.82) is 5.26 Å². The summed E-state index contributed by atoms with van der Waals surface area (Å²) in [5, 5.41) is 8.88. The number of benzene rings is 4. The molecule has 0 unspecified atom stereocenters. The van der Waals surface area contributed by atoms with Crippen molar-refractivity contribution in [3.8, 4) is 34.3 Å². The highest BCUT2D eigenvalue weighted by atomic mass is 16.5. The average Bonchev–Trinajstić information content (AvgIpc) is 2.87. The molecule has 4 aromatic rings. The Bertz CT molecular complexity index is 1450. The first kappa shape index (κ1) is 23.7. The summed E-state index contributed by atoms with van der Waals surface area (Å²) in [5.41, 5.74) is 9.00. The van der Waals surface area contributed by atoms with E-state index in [0.29, 0.717) is 11.4 Å². The van der Waals surface area contributed by atoms with Crippen LogP contribution in [0.4, 0.5) is 5.69 Å². The maximum atomic E-state index is 10.7. The molecule has 4 nitrogen and oxygen atoms in total. The molecule has 0 aromatic heterocycles. The second-order valence-electron chi connectivity index (χ2n) is 9.05. The Labute approximate surface area is 206 Å². The smallest absolute Gasteiger partial charge is 0.292 e. The van der Waals surface area contributed by atoms with Crippen LogP contribution in [0.2, 0.25) is 0 Å². The molecule has 0 spiro atoms. The van der Waals surface area contributed by atoms with Gasteiger partial charge in [0.15, 0.2) is 0 Å². The maximum Gasteiger partial charge on any atom is 0.292 e. The second kappa shape index (κ2) is 9.81. The van der Waals surface area contributed by atoms with Gasteiger partial charge in [-0.2, -0.15) is 4.99 Å². The molecule has 4 heteroatoms. The molecule has 0 heterocycles. The van der Waals surface area contributed by atoms with Gasteiger partial charge in [0.1, 0.15) is 5.75 Å². The van der Waals surface area contributed by atoms with Gasteiger partial charge in [0, 0.05) is 11.0 Å². The van der Waals surface area contributed by atoms with Crippen molar-refractivity contribution in [2.75, 3.05) is 0 Å². The van der Waals surface area contributed by atoms with Crippen LogP contribution < -0.4 is 4.74 Å². The van der Waals surface area contributed by atoms with Crippen molar-refractivity contribution in [1.82, 2.24) is 0 Å². The van der Waals surface area contributed by atoms with Crippen molar-refractivity contribution in [3.05, 3.63) is 107 Å². The summed E-state index contributed by atoms with van der Waals surface area (Å²) in [6.45, 7) is 8.36. The van der Waals surface area contributed by atoms with E-state index in [2.05, 4.69) is 67.4 Å².